The predicted molar refractivity (Wildman–Crippen MR) is 54.7 cm³/mol. The van der Waals surface area contributed by atoms with Gasteiger partial charge in [-0.15, -0.1) is 0 Å². The molecule has 2 nitrogen and oxygen atoms in total. The molecule has 0 aliphatic carbocycles. The molecular formula is C11H17NO. The smallest absolute Gasteiger partial charge is 0.250 e. The van der Waals surface area contributed by atoms with Crippen molar-refractivity contribution in [2.75, 3.05) is 0 Å². The number of hydrogen-bond acceptors (Lipinski definition) is 1. The molecule has 0 bridgehead atoms. The van der Waals surface area contributed by atoms with Crippen molar-refractivity contribution in [3.8, 4) is 0 Å². The summed E-state index contributed by atoms with van der Waals surface area (Å²) in [6.45, 7) is 7.35. The fourth-order valence-electron chi connectivity index (χ4n) is 1.13. The molecule has 1 aromatic heterocycles. The molecule has 13 heavy (non-hydrogen) atoms. The van der Waals surface area contributed by atoms with Crippen molar-refractivity contribution in [1.82, 2.24) is 4.57 Å². The maximum absolute atomic E-state index is 11.3. The van der Waals surface area contributed by atoms with Crippen LogP contribution in [0.4, 0.5) is 0 Å². The lowest BCUT2D eigenvalue weighted by Crippen LogP contribution is -2.23. The predicted octanol–water partition coefficient (Wildman–Crippen LogP) is 2.14. The lowest BCUT2D eigenvalue weighted by Gasteiger charge is -2.16. The van der Waals surface area contributed by atoms with E-state index in [1.54, 1.807) is 16.7 Å². The lowest BCUT2D eigenvalue weighted by molar-refractivity contribution is 0.360. The molecule has 0 N–H and O–H groups in total. The van der Waals surface area contributed by atoms with Crippen LogP contribution >= 0.6 is 0 Å². The molecule has 0 fully saturated rings. The van der Waals surface area contributed by atoms with Crippen LogP contribution in [0.2, 0.25) is 0 Å². The van der Waals surface area contributed by atoms with Gasteiger partial charge in [0.15, 0.2) is 0 Å². The van der Waals surface area contributed by atoms with Crippen LogP contribution in [-0.4, -0.2) is 4.57 Å². The van der Waals surface area contributed by atoms with Crippen molar-refractivity contribution in [2.24, 2.45) is 11.8 Å². The summed E-state index contributed by atoms with van der Waals surface area (Å²) < 4.78 is 1.77. The molecule has 1 heterocycles. The summed E-state index contributed by atoms with van der Waals surface area (Å²) in [5.74, 6) is 1.16. The summed E-state index contributed by atoms with van der Waals surface area (Å²) >= 11 is 0. The van der Waals surface area contributed by atoms with E-state index < -0.39 is 0 Å². The standard InChI is InChI=1S/C11H17NO/c1-9(2)10(3)8-12-7-5-4-6-11(12)13/h4-7,9-10H,8H2,1-3H3/t10-/m1/s1. The lowest BCUT2D eigenvalue weighted by atomic mass is 9.98. The highest BCUT2D eigenvalue weighted by Crippen LogP contribution is 2.10. The Labute approximate surface area is 79.2 Å². The van der Waals surface area contributed by atoms with E-state index in [4.69, 9.17) is 0 Å². The summed E-state index contributed by atoms with van der Waals surface area (Å²) in [5.41, 5.74) is 0.0926. The van der Waals surface area contributed by atoms with Crippen LogP contribution in [0.3, 0.4) is 0 Å². The van der Waals surface area contributed by atoms with E-state index in [0.717, 1.165) is 6.54 Å². The Morgan fingerprint density at radius 2 is 2.00 bits per heavy atom. The van der Waals surface area contributed by atoms with Gasteiger partial charge < -0.3 is 4.57 Å². The summed E-state index contributed by atoms with van der Waals surface area (Å²) in [6.07, 6.45) is 1.85. The molecule has 72 valence electrons. The average molecular weight is 179 g/mol. The molecule has 1 aromatic rings. The number of rotatable bonds is 3. The van der Waals surface area contributed by atoms with Crippen LogP contribution in [-0.2, 0) is 6.54 Å². The minimum absolute atomic E-state index is 0.0926. The highest BCUT2D eigenvalue weighted by molar-refractivity contribution is 4.93. The number of hydrogen-bond donors (Lipinski definition) is 0. The first-order chi connectivity index (χ1) is 6.11. The quantitative estimate of drug-likeness (QED) is 0.696. The first kappa shape index (κ1) is 10.0. The van der Waals surface area contributed by atoms with Crippen molar-refractivity contribution < 1.29 is 0 Å². The van der Waals surface area contributed by atoms with Gasteiger partial charge in [-0.1, -0.05) is 26.8 Å². The van der Waals surface area contributed by atoms with Gasteiger partial charge >= 0.3 is 0 Å². The molecule has 0 saturated carbocycles. The Hall–Kier alpha value is -1.05. The highest BCUT2D eigenvalue weighted by atomic mass is 16.1. The van der Waals surface area contributed by atoms with Crippen LogP contribution in [0.15, 0.2) is 29.2 Å². The molecule has 0 amide bonds. The van der Waals surface area contributed by atoms with Gasteiger partial charge in [-0.05, 0) is 17.9 Å². The van der Waals surface area contributed by atoms with Gasteiger partial charge in [-0.3, -0.25) is 4.79 Å². The highest BCUT2D eigenvalue weighted by Gasteiger charge is 2.07. The maximum Gasteiger partial charge on any atom is 0.250 e. The molecular weight excluding hydrogens is 162 g/mol. The van der Waals surface area contributed by atoms with E-state index in [1.807, 2.05) is 12.3 Å². The van der Waals surface area contributed by atoms with Crippen molar-refractivity contribution >= 4 is 0 Å². The summed E-state index contributed by atoms with van der Waals surface area (Å²) in [6, 6.07) is 5.28. The van der Waals surface area contributed by atoms with E-state index >= 15 is 0 Å². The largest absolute Gasteiger partial charge is 0.315 e. The van der Waals surface area contributed by atoms with E-state index in [0.29, 0.717) is 11.8 Å². The molecule has 1 atom stereocenters. The van der Waals surface area contributed by atoms with Crippen molar-refractivity contribution in [2.45, 2.75) is 27.3 Å². The minimum Gasteiger partial charge on any atom is -0.315 e. The van der Waals surface area contributed by atoms with Gasteiger partial charge in [0.05, 0.1) is 0 Å². The Bertz CT molecular complexity index is 314. The Morgan fingerprint density at radius 3 is 2.54 bits per heavy atom. The molecule has 0 unspecified atom stereocenters. The SMILES string of the molecule is CC(C)[C@H](C)Cn1ccccc1=O. The third-order valence-electron chi connectivity index (χ3n) is 2.52. The normalized spacial score (nSPS) is 13.2. The molecule has 1 rings (SSSR count). The molecule has 0 aliphatic rings. The van der Waals surface area contributed by atoms with Crippen LogP contribution in [0.1, 0.15) is 20.8 Å². The van der Waals surface area contributed by atoms with Crippen LogP contribution in [0.25, 0.3) is 0 Å². The van der Waals surface area contributed by atoms with Gasteiger partial charge in [0.25, 0.3) is 5.56 Å². The zero-order valence-electron chi connectivity index (χ0n) is 8.53. The van der Waals surface area contributed by atoms with Crippen LogP contribution < -0.4 is 5.56 Å². The fourth-order valence-corrected chi connectivity index (χ4v) is 1.13. The minimum atomic E-state index is 0.0926. The van der Waals surface area contributed by atoms with Gasteiger partial charge in [-0.25, -0.2) is 0 Å². The summed E-state index contributed by atoms with van der Waals surface area (Å²) in [4.78, 5) is 11.3. The molecule has 2 heteroatoms. The van der Waals surface area contributed by atoms with E-state index in [-0.39, 0.29) is 5.56 Å². The molecule has 0 radical (unpaired) electrons. The van der Waals surface area contributed by atoms with Gasteiger partial charge in [0.2, 0.25) is 0 Å². The van der Waals surface area contributed by atoms with Crippen molar-refractivity contribution in [1.29, 1.82) is 0 Å². The number of nitrogens with zero attached hydrogens (tertiary/aromatic N) is 1. The van der Waals surface area contributed by atoms with Gasteiger partial charge in [-0.2, -0.15) is 0 Å². The Kier molecular flexibility index (Phi) is 3.29. The molecule has 0 saturated heterocycles. The van der Waals surface area contributed by atoms with Gasteiger partial charge in [0, 0.05) is 18.8 Å². The third-order valence-corrected chi connectivity index (χ3v) is 2.52. The molecule has 0 spiro atoms. The van der Waals surface area contributed by atoms with Crippen LogP contribution in [0.5, 0.6) is 0 Å². The first-order valence-electron chi connectivity index (χ1n) is 4.76. The van der Waals surface area contributed by atoms with Gasteiger partial charge in [0.1, 0.15) is 0 Å². The Balaban J connectivity index is 2.75. The first-order valence-corrected chi connectivity index (χ1v) is 4.76. The molecule has 0 aliphatic heterocycles. The van der Waals surface area contributed by atoms with E-state index in [9.17, 15) is 4.79 Å². The van der Waals surface area contributed by atoms with E-state index in [2.05, 4.69) is 20.8 Å². The second kappa shape index (κ2) is 4.26. The molecule has 0 aromatic carbocycles. The average Bonchev–Trinajstić information content (AvgIpc) is 2.08. The number of aromatic nitrogens is 1. The van der Waals surface area contributed by atoms with E-state index in [1.165, 1.54) is 0 Å². The zero-order chi connectivity index (χ0) is 9.84. The fraction of sp³-hybridized carbons (Fsp3) is 0.545. The number of pyridine rings is 1. The van der Waals surface area contributed by atoms with Crippen molar-refractivity contribution in [3.05, 3.63) is 34.7 Å². The zero-order valence-corrected chi connectivity index (χ0v) is 8.53. The third kappa shape index (κ3) is 2.72. The Morgan fingerprint density at radius 1 is 1.31 bits per heavy atom. The van der Waals surface area contributed by atoms with Crippen molar-refractivity contribution in [3.63, 3.8) is 0 Å². The second-order valence-corrected chi connectivity index (χ2v) is 3.91. The van der Waals surface area contributed by atoms with Crippen LogP contribution in [0, 0.1) is 11.8 Å². The monoisotopic (exact) mass is 179 g/mol. The summed E-state index contributed by atoms with van der Waals surface area (Å²) in [5, 5.41) is 0. The second-order valence-electron chi connectivity index (χ2n) is 3.91. The summed E-state index contributed by atoms with van der Waals surface area (Å²) in [7, 11) is 0. The maximum atomic E-state index is 11.3. The topological polar surface area (TPSA) is 22.0 Å².